The molecule has 2 heterocycles. The molecule has 0 aliphatic carbocycles. The van der Waals surface area contributed by atoms with Crippen LogP contribution in [0.1, 0.15) is 27.9 Å². The molecule has 0 fully saturated rings. The molecule has 0 amide bonds. The zero-order chi connectivity index (χ0) is 20.4. The summed E-state index contributed by atoms with van der Waals surface area (Å²) >= 11 is 0. The Kier molecular flexibility index (Phi) is 4.77. The van der Waals surface area contributed by atoms with Crippen molar-refractivity contribution in [2.75, 3.05) is 12.3 Å². The summed E-state index contributed by atoms with van der Waals surface area (Å²) < 4.78 is 0. The number of nitrogen functional groups attached to an aromatic ring is 1. The molecule has 148 valence electrons. The molecule has 5 rings (SSSR count). The van der Waals surface area contributed by atoms with Gasteiger partial charge in [0, 0.05) is 31.3 Å². The molecule has 3 aromatic carbocycles. The predicted octanol–water partition coefficient (Wildman–Crippen LogP) is 4.41. The van der Waals surface area contributed by atoms with Gasteiger partial charge in [-0.15, -0.1) is 0 Å². The highest BCUT2D eigenvalue weighted by Gasteiger charge is 2.43. The van der Waals surface area contributed by atoms with Crippen LogP contribution in [0.15, 0.2) is 97.2 Å². The molecule has 0 radical (unpaired) electrons. The Balaban J connectivity index is 1.75. The molecule has 4 nitrogen and oxygen atoms in total. The highest BCUT2D eigenvalue weighted by Crippen LogP contribution is 2.44. The minimum atomic E-state index is -0.414. The second kappa shape index (κ2) is 7.73. The van der Waals surface area contributed by atoms with E-state index in [2.05, 4.69) is 106 Å². The average molecular weight is 393 g/mol. The van der Waals surface area contributed by atoms with Gasteiger partial charge in [-0.3, -0.25) is 4.90 Å². The van der Waals surface area contributed by atoms with Crippen molar-refractivity contribution in [1.82, 2.24) is 14.9 Å². The Hall–Kier alpha value is -3.50. The fraction of sp³-hybridized carbons (Fsp3) is 0.154. The molecule has 0 saturated heterocycles. The molecule has 1 aliphatic rings. The lowest BCUT2D eigenvalue weighted by molar-refractivity contribution is 0.138. The number of fused-ring (bicyclic) bond motifs is 1. The Morgan fingerprint density at radius 1 is 0.733 bits per heavy atom. The van der Waals surface area contributed by atoms with Crippen LogP contribution >= 0.6 is 0 Å². The van der Waals surface area contributed by atoms with E-state index in [1.807, 2.05) is 6.20 Å². The molecule has 0 unspecified atom stereocenters. The van der Waals surface area contributed by atoms with Gasteiger partial charge in [-0.25, -0.2) is 9.97 Å². The van der Waals surface area contributed by atoms with Crippen molar-refractivity contribution in [3.05, 3.63) is 125 Å². The van der Waals surface area contributed by atoms with Gasteiger partial charge in [-0.05, 0) is 16.7 Å². The maximum atomic E-state index is 5.84. The minimum absolute atomic E-state index is 0.350. The van der Waals surface area contributed by atoms with Crippen LogP contribution in [0.25, 0.3) is 0 Å². The quantitative estimate of drug-likeness (QED) is 0.523. The summed E-state index contributed by atoms with van der Waals surface area (Å²) in [6.07, 6.45) is 2.73. The topological polar surface area (TPSA) is 55.0 Å². The molecule has 0 saturated carbocycles. The highest BCUT2D eigenvalue weighted by atomic mass is 15.2. The zero-order valence-corrected chi connectivity index (χ0v) is 16.8. The first-order valence-electron chi connectivity index (χ1n) is 10.3. The van der Waals surface area contributed by atoms with Crippen molar-refractivity contribution < 1.29 is 0 Å². The molecular formula is C26H24N4. The standard InChI is InChI=1S/C26H24N4/c27-25-28-18-20-19-30(17-16-24(20)29-25)26(21-10-4-1-5-11-21,22-12-6-2-7-13-22)23-14-8-3-9-15-23/h1-15,18H,16-17,19H2,(H2,27,28,29). The smallest absolute Gasteiger partial charge is 0.220 e. The summed E-state index contributed by atoms with van der Waals surface area (Å²) in [5.41, 5.74) is 11.4. The van der Waals surface area contributed by atoms with Crippen LogP contribution in [0.2, 0.25) is 0 Å². The van der Waals surface area contributed by atoms with Gasteiger partial charge in [0.15, 0.2) is 0 Å². The second-order valence-electron chi connectivity index (χ2n) is 7.68. The lowest BCUT2D eigenvalue weighted by Crippen LogP contribution is -2.50. The van der Waals surface area contributed by atoms with Crippen LogP contribution in [0.4, 0.5) is 5.95 Å². The second-order valence-corrected chi connectivity index (χ2v) is 7.68. The number of benzene rings is 3. The van der Waals surface area contributed by atoms with Crippen molar-refractivity contribution in [2.45, 2.75) is 18.5 Å². The maximum Gasteiger partial charge on any atom is 0.220 e. The van der Waals surface area contributed by atoms with Crippen molar-refractivity contribution in [1.29, 1.82) is 0 Å². The van der Waals surface area contributed by atoms with Gasteiger partial charge in [0.1, 0.15) is 0 Å². The van der Waals surface area contributed by atoms with E-state index in [4.69, 9.17) is 5.73 Å². The van der Waals surface area contributed by atoms with E-state index in [0.29, 0.717) is 5.95 Å². The summed E-state index contributed by atoms with van der Waals surface area (Å²) in [7, 11) is 0. The molecule has 1 aliphatic heterocycles. The number of nitrogens with zero attached hydrogens (tertiary/aromatic N) is 3. The van der Waals surface area contributed by atoms with E-state index in [1.54, 1.807) is 0 Å². The first kappa shape index (κ1) is 18.5. The molecule has 0 atom stereocenters. The zero-order valence-electron chi connectivity index (χ0n) is 16.8. The van der Waals surface area contributed by atoms with E-state index in [9.17, 15) is 0 Å². The fourth-order valence-electron chi connectivity index (χ4n) is 4.70. The third kappa shape index (κ3) is 3.06. The van der Waals surface area contributed by atoms with Crippen molar-refractivity contribution in [2.24, 2.45) is 0 Å². The number of hydrogen-bond donors (Lipinski definition) is 1. The summed E-state index contributed by atoms with van der Waals surface area (Å²) in [5, 5.41) is 0. The molecule has 2 N–H and O–H groups in total. The average Bonchev–Trinajstić information content (AvgIpc) is 2.82. The fourth-order valence-corrected chi connectivity index (χ4v) is 4.70. The minimum Gasteiger partial charge on any atom is -0.368 e. The van der Waals surface area contributed by atoms with Gasteiger partial charge >= 0.3 is 0 Å². The molecule has 30 heavy (non-hydrogen) atoms. The van der Waals surface area contributed by atoms with Crippen molar-refractivity contribution in [3.63, 3.8) is 0 Å². The van der Waals surface area contributed by atoms with Crippen LogP contribution in [0, 0.1) is 0 Å². The first-order valence-corrected chi connectivity index (χ1v) is 10.3. The van der Waals surface area contributed by atoms with Crippen molar-refractivity contribution >= 4 is 5.95 Å². The van der Waals surface area contributed by atoms with Crippen LogP contribution < -0.4 is 5.73 Å². The lowest BCUT2D eigenvalue weighted by Gasteiger charge is -2.47. The third-order valence-electron chi connectivity index (χ3n) is 6.00. The van der Waals surface area contributed by atoms with E-state index in [1.165, 1.54) is 16.7 Å². The van der Waals surface area contributed by atoms with E-state index in [0.717, 1.165) is 30.8 Å². The van der Waals surface area contributed by atoms with Crippen molar-refractivity contribution in [3.8, 4) is 0 Å². The largest absolute Gasteiger partial charge is 0.368 e. The van der Waals surface area contributed by atoms with Gasteiger partial charge in [-0.2, -0.15) is 0 Å². The van der Waals surface area contributed by atoms with E-state index in [-0.39, 0.29) is 0 Å². The lowest BCUT2D eigenvalue weighted by atomic mass is 9.74. The van der Waals surface area contributed by atoms with Gasteiger partial charge < -0.3 is 5.73 Å². The van der Waals surface area contributed by atoms with Crippen LogP contribution in [0.3, 0.4) is 0 Å². The Labute approximate surface area is 177 Å². The monoisotopic (exact) mass is 392 g/mol. The summed E-state index contributed by atoms with van der Waals surface area (Å²) in [4.78, 5) is 11.3. The van der Waals surface area contributed by atoms with E-state index < -0.39 is 5.54 Å². The normalized spacial score (nSPS) is 14.3. The molecule has 4 aromatic rings. The summed E-state index contributed by atoms with van der Waals surface area (Å²) in [6, 6.07) is 32.4. The number of anilines is 1. The third-order valence-corrected chi connectivity index (χ3v) is 6.00. The molecule has 4 heteroatoms. The Bertz CT molecular complexity index is 1030. The molecule has 0 bridgehead atoms. The number of hydrogen-bond acceptors (Lipinski definition) is 4. The summed E-state index contributed by atoms with van der Waals surface area (Å²) in [5.74, 6) is 0.350. The maximum absolute atomic E-state index is 5.84. The molecule has 1 aromatic heterocycles. The Morgan fingerprint density at radius 2 is 1.23 bits per heavy atom. The number of rotatable bonds is 4. The predicted molar refractivity (Wildman–Crippen MR) is 120 cm³/mol. The molecule has 0 spiro atoms. The van der Waals surface area contributed by atoms with Gasteiger partial charge in [0.2, 0.25) is 5.95 Å². The number of aromatic nitrogens is 2. The number of nitrogens with two attached hydrogens (primary N) is 1. The SMILES string of the molecule is Nc1ncc2c(n1)CCN(C(c1ccccc1)(c1ccccc1)c1ccccc1)C2. The van der Waals surface area contributed by atoms with Crippen LogP contribution in [0.5, 0.6) is 0 Å². The van der Waals surface area contributed by atoms with Gasteiger partial charge in [0.25, 0.3) is 0 Å². The first-order chi connectivity index (χ1) is 14.8. The van der Waals surface area contributed by atoms with Crippen LogP contribution in [-0.2, 0) is 18.5 Å². The van der Waals surface area contributed by atoms with Crippen LogP contribution in [-0.4, -0.2) is 21.4 Å². The van der Waals surface area contributed by atoms with E-state index >= 15 is 0 Å². The molecular weight excluding hydrogens is 368 g/mol. The highest BCUT2D eigenvalue weighted by molar-refractivity contribution is 5.50. The van der Waals surface area contributed by atoms with Gasteiger partial charge in [0.05, 0.1) is 11.2 Å². The Morgan fingerprint density at radius 3 is 1.73 bits per heavy atom. The summed E-state index contributed by atoms with van der Waals surface area (Å²) in [6.45, 7) is 1.64. The van der Waals surface area contributed by atoms with Gasteiger partial charge in [-0.1, -0.05) is 91.0 Å².